The van der Waals surface area contributed by atoms with E-state index in [1.165, 1.54) is 0 Å². The topological polar surface area (TPSA) is 26.3 Å². The molecular formula is C9H3F5O2. The third-order valence-electron chi connectivity index (χ3n) is 1.46. The number of rotatable bonds is 2. The molecule has 1 rings (SSSR count). The molecule has 0 bridgehead atoms. The first kappa shape index (κ1) is 12.2. The van der Waals surface area contributed by atoms with Crippen LogP contribution in [-0.2, 0) is 4.79 Å². The van der Waals surface area contributed by atoms with Gasteiger partial charge in [-0.2, -0.15) is 17.6 Å². The van der Waals surface area contributed by atoms with E-state index in [0.717, 1.165) is 12.1 Å². The summed E-state index contributed by atoms with van der Waals surface area (Å²) >= 11 is 0. The molecule has 0 aliphatic rings. The van der Waals surface area contributed by atoms with Gasteiger partial charge in [0.05, 0.1) is 0 Å². The Morgan fingerprint density at radius 2 is 1.75 bits per heavy atom. The molecule has 0 spiro atoms. The SMILES string of the molecule is O=C(Oc1cccc(F)c1F)C(F)=C(F)F. The van der Waals surface area contributed by atoms with Crippen LogP contribution in [0.15, 0.2) is 30.1 Å². The lowest BCUT2D eigenvalue weighted by atomic mass is 10.3. The number of carbonyl (C=O) groups excluding carboxylic acids is 1. The van der Waals surface area contributed by atoms with Gasteiger partial charge in [0.25, 0.3) is 5.83 Å². The molecule has 0 aliphatic carbocycles. The molecule has 0 aliphatic heterocycles. The van der Waals surface area contributed by atoms with E-state index in [4.69, 9.17) is 0 Å². The summed E-state index contributed by atoms with van der Waals surface area (Å²) in [6.45, 7) is 0. The highest BCUT2D eigenvalue weighted by Gasteiger charge is 2.20. The number of ether oxygens (including phenoxy) is 1. The summed E-state index contributed by atoms with van der Waals surface area (Å²) in [5, 5.41) is 0. The largest absolute Gasteiger partial charge is 0.418 e. The maximum Gasteiger partial charge on any atom is 0.378 e. The van der Waals surface area contributed by atoms with Crippen molar-refractivity contribution >= 4 is 5.97 Å². The summed E-state index contributed by atoms with van der Waals surface area (Å²) in [6, 6.07) is 2.47. The Hall–Kier alpha value is -1.92. The monoisotopic (exact) mass is 238 g/mol. The summed E-state index contributed by atoms with van der Waals surface area (Å²) in [5.41, 5.74) is 0. The lowest BCUT2D eigenvalue weighted by Gasteiger charge is -2.03. The third-order valence-corrected chi connectivity index (χ3v) is 1.46. The van der Waals surface area contributed by atoms with E-state index >= 15 is 0 Å². The van der Waals surface area contributed by atoms with Gasteiger partial charge in [0.15, 0.2) is 11.6 Å². The molecule has 0 radical (unpaired) electrons. The Labute approximate surface area is 85.9 Å². The van der Waals surface area contributed by atoms with Crippen LogP contribution < -0.4 is 4.74 Å². The summed E-state index contributed by atoms with van der Waals surface area (Å²) in [7, 11) is 0. The second kappa shape index (κ2) is 4.73. The molecule has 0 atom stereocenters. The fourth-order valence-electron chi connectivity index (χ4n) is 0.785. The standard InChI is InChI=1S/C9H3F5O2/c10-4-2-1-3-5(6(4)11)16-9(15)7(12)8(13)14/h1-3H. The van der Waals surface area contributed by atoms with Crippen LogP contribution in [0.3, 0.4) is 0 Å². The molecular weight excluding hydrogens is 235 g/mol. The van der Waals surface area contributed by atoms with Gasteiger partial charge in [-0.05, 0) is 12.1 Å². The highest BCUT2D eigenvalue weighted by Crippen LogP contribution is 2.21. The second-order valence-corrected chi connectivity index (χ2v) is 2.52. The van der Waals surface area contributed by atoms with Crippen LogP contribution in [0.2, 0.25) is 0 Å². The third kappa shape index (κ3) is 2.56. The van der Waals surface area contributed by atoms with E-state index in [2.05, 4.69) is 4.74 Å². The Morgan fingerprint density at radius 3 is 2.31 bits per heavy atom. The minimum Gasteiger partial charge on any atom is -0.418 e. The van der Waals surface area contributed by atoms with Crippen LogP contribution in [0.1, 0.15) is 0 Å². The number of hydrogen-bond acceptors (Lipinski definition) is 2. The van der Waals surface area contributed by atoms with E-state index in [0.29, 0.717) is 6.07 Å². The van der Waals surface area contributed by atoms with Crippen molar-refractivity contribution in [2.45, 2.75) is 0 Å². The first-order chi connectivity index (χ1) is 7.43. The van der Waals surface area contributed by atoms with Crippen LogP contribution in [-0.4, -0.2) is 5.97 Å². The summed E-state index contributed by atoms with van der Waals surface area (Å²) in [6.07, 6.45) is -2.90. The van der Waals surface area contributed by atoms with Crippen molar-refractivity contribution in [3.8, 4) is 5.75 Å². The molecule has 0 heterocycles. The van der Waals surface area contributed by atoms with Crippen molar-refractivity contribution in [3.05, 3.63) is 41.7 Å². The van der Waals surface area contributed by atoms with Crippen molar-refractivity contribution in [2.24, 2.45) is 0 Å². The highest BCUT2D eigenvalue weighted by atomic mass is 19.3. The van der Waals surface area contributed by atoms with Crippen molar-refractivity contribution in [1.82, 2.24) is 0 Å². The predicted octanol–water partition coefficient (Wildman–Crippen LogP) is 2.95. The first-order valence-electron chi connectivity index (χ1n) is 3.80. The molecule has 0 N–H and O–H groups in total. The highest BCUT2D eigenvalue weighted by molar-refractivity contribution is 5.88. The number of carbonyl (C=O) groups is 1. The number of hydrogen-bond donors (Lipinski definition) is 0. The van der Waals surface area contributed by atoms with Crippen LogP contribution in [0.25, 0.3) is 0 Å². The Morgan fingerprint density at radius 1 is 1.12 bits per heavy atom. The molecule has 0 saturated heterocycles. The molecule has 0 aromatic heterocycles. The maximum atomic E-state index is 12.8. The molecule has 7 heteroatoms. The first-order valence-corrected chi connectivity index (χ1v) is 3.80. The Kier molecular flexibility index (Phi) is 3.60. The van der Waals surface area contributed by atoms with Gasteiger partial charge in [-0.15, -0.1) is 0 Å². The minimum absolute atomic E-state index is 0.717. The normalized spacial score (nSPS) is 9.81. The molecule has 0 fully saturated rings. The predicted molar refractivity (Wildman–Crippen MR) is 42.3 cm³/mol. The molecule has 0 unspecified atom stereocenters. The maximum absolute atomic E-state index is 12.8. The summed E-state index contributed by atoms with van der Waals surface area (Å²) in [4.78, 5) is 10.6. The van der Waals surface area contributed by atoms with E-state index in [-0.39, 0.29) is 0 Å². The van der Waals surface area contributed by atoms with E-state index in [1.54, 1.807) is 0 Å². The zero-order chi connectivity index (χ0) is 12.3. The molecule has 86 valence electrons. The average molecular weight is 238 g/mol. The molecule has 1 aromatic carbocycles. The van der Waals surface area contributed by atoms with Gasteiger partial charge in [0.1, 0.15) is 0 Å². The number of halogens is 5. The zero-order valence-electron chi connectivity index (χ0n) is 7.44. The minimum atomic E-state index is -2.90. The van der Waals surface area contributed by atoms with Gasteiger partial charge >= 0.3 is 12.0 Å². The number of esters is 1. The van der Waals surface area contributed by atoms with Crippen molar-refractivity contribution in [2.75, 3.05) is 0 Å². The molecule has 0 amide bonds. The smallest absolute Gasteiger partial charge is 0.378 e. The van der Waals surface area contributed by atoms with E-state index < -0.39 is 35.3 Å². The lowest BCUT2D eigenvalue weighted by molar-refractivity contribution is -0.132. The van der Waals surface area contributed by atoms with Gasteiger partial charge in [0.2, 0.25) is 5.82 Å². The molecule has 16 heavy (non-hydrogen) atoms. The second-order valence-electron chi connectivity index (χ2n) is 2.52. The van der Waals surface area contributed by atoms with Gasteiger partial charge in [-0.1, -0.05) is 6.07 Å². The Balaban J connectivity index is 2.94. The lowest BCUT2D eigenvalue weighted by Crippen LogP contribution is -2.10. The molecule has 0 saturated carbocycles. The fraction of sp³-hybridized carbons (Fsp3) is 0. The fourth-order valence-corrected chi connectivity index (χ4v) is 0.785. The Bertz CT molecular complexity index is 451. The van der Waals surface area contributed by atoms with Crippen molar-refractivity contribution < 1.29 is 31.5 Å². The van der Waals surface area contributed by atoms with Gasteiger partial charge in [-0.3, -0.25) is 0 Å². The van der Waals surface area contributed by atoms with Crippen molar-refractivity contribution in [3.63, 3.8) is 0 Å². The van der Waals surface area contributed by atoms with Crippen LogP contribution >= 0.6 is 0 Å². The number of benzene rings is 1. The van der Waals surface area contributed by atoms with Crippen LogP contribution in [0, 0.1) is 11.6 Å². The van der Waals surface area contributed by atoms with Crippen LogP contribution in [0.4, 0.5) is 22.0 Å². The van der Waals surface area contributed by atoms with E-state index in [1.807, 2.05) is 0 Å². The zero-order valence-corrected chi connectivity index (χ0v) is 7.44. The van der Waals surface area contributed by atoms with Crippen LogP contribution in [0.5, 0.6) is 5.75 Å². The molecule has 1 aromatic rings. The van der Waals surface area contributed by atoms with Gasteiger partial charge in [0, 0.05) is 0 Å². The molecule has 2 nitrogen and oxygen atoms in total. The quantitative estimate of drug-likeness (QED) is 0.342. The average Bonchev–Trinajstić information content (AvgIpc) is 2.23. The van der Waals surface area contributed by atoms with E-state index in [9.17, 15) is 26.7 Å². The summed E-state index contributed by atoms with van der Waals surface area (Å²) in [5.74, 6) is -8.44. The van der Waals surface area contributed by atoms with Gasteiger partial charge < -0.3 is 4.74 Å². The summed E-state index contributed by atoms with van der Waals surface area (Å²) < 4.78 is 64.8. The van der Waals surface area contributed by atoms with Crippen molar-refractivity contribution in [1.29, 1.82) is 0 Å². The van der Waals surface area contributed by atoms with Gasteiger partial charge in [-0.25, -0.2) is 9.18 Å².